The van der Waals surface area contributed by atoms with Gasteiger partial charge in [-0.05, 0) is 45.1 Å². The number of fused-ring (bicyclic) bond motifs is 1. The monoisotopic (exact) mass is 341 g/mol. The molecule has 1 aliphatic rings. The van der Waals surface area contributed by atoms with E-state index in [9.17, 15) is 4.79 Å². The van der Waals surface area contributed by atoms with Gasteiger partial charge in [-0.2, -0.15) is 0 Å². The van der Waals surface area contributed by atoms with Gasteiger partial charge in [-0.1, -0.05) is 24.3 Å². The molecule has 0 bridgehead atoms. The van der Waals surface area contributed by atoms with E-state index in [1.165, 1.54) is 5.39 Å². The molecule has 5 nitrogen and oxygen atoms in total. The van der Waals surface area contributed by atoms with Gasteiger partial charge < -0.3 is 15.0 Å². The first-order valence-electron chi connectivity index (χ1n) is 8.96. The number of aromatic nitrogens is 1. The number of nitrogens with zero attached hydrogens (tertiary/aromatic N) is 2. The average Bonchev–Trinajstić information content (AvgIpc) is 3.02. The molecule has 1 saturated heterocycles. The van der Waals surface area contributed by atoms with Crippen molar-refractivity contribution in [2.24, 2.45) is 0 Å². The van der Waals surface area contributed by atoms with Crippen LogP contribution in [-0.4, -0.2) is 40.7 Å². The van der Waals surface area contributed by atoms with Crippen molar-refractivity contribution in [3.8, 4) is 0 Å². The van der Waals surface area contributed by atoms with Crippen LogP contribution in [0.5, 0.6) is 0 Å². The highest BCUT2D eigenvalue weighted by molar-refractivity contribution is 5.81. The molecule has 1 fully saturated rings. The number of ether oxygens (including phenoxy) is 1. The molecule has 134 valence electrons. The molecule has 5 heteroatoms. The van der Waals surface area contributed by atoms with E-state index in [1.54, 1.807) is 0 Å². The molecule has 1 unspecified atom stereocenters. The lowest BCUT2D eigenvalue weighted by atomic mass is 10.1. The summed E-state index contributed by atoms with van der Waals surface area (Å²) in [6, 6.07) is 10.5. The molecule has 2 heterocycles. The number of carbonyl (C=O) groups is 1. The summed E-state index contributed by atoms with van der Waals surface area (Å²) >= 11 is 0. The predicted molar refractivity (Wildman–Crippen MR) is 99.4 cm³/mol. The van der Waals surface area contributed by atoms with E-state index in [0.717, 1.165) is 37.0 Å². The third-order valence-corrected chi connectivity index (χ3v) is 4.38. The van der Waals surface area contributed by atoms with Gasteiger partial charge >= 0.3 is 6.09 Å². The first kappa shape index (κ1) is 17.7. The van der Waals surface area contributed by atoms with Crippen LogP contribution < -0.4 is 5.32 Å². The fourth-order valence-electron chi connectivity index (χ4n) is 3.20. The Hall–Kier alpha value is -2.14. The fraction of sp³-hybridized carbons (Fsp3) is 0.500. The summed E-state index contributed by atoms with van der Waals surface area (Å²) in [6.45, 7) is 7.94. The van der Waals surface area contributed by atoms with Crippen molar-refractivity contribution >= 4 is 16.9 Å². The van der Waals surface area contributed by atoms with Gasteiger partial charge in [0.15, 0.2) is 0 Å². The molecular weight excluding hydrogens is 314 g/mol. The van der Waals surface area contributed by atoms with Crippen LogP contribution in [0.25, 0.3) is 10.8 Å². The van der Waals surface area contributed by atoms with E-state index in [4.69, 9.17) is 4.74 Å². The van der Waals surface area contributed by atoms with Crippen molar-refractivity contribution < 1.29 is 9.53 Å². The number of benzene rings is 1. The molecule has 1 N–H and O–H groups in total. The maximum Gasteiger partial charge on any atom is 0.410 e. The molecule has 1 atom stereocenters. The largest absolute Gasteiger partial charge is 0.444 e. The van der Waals surface area contributed by atoms with E-state index in [1.807, 2.05) is 44.0 Å². The number of likely N-dealkylation sites (tertiary alicyclic amines) is 1. The van der Waals surface area contributed by atoms with Gasteiger partial charge in [0.1, 0.15) is 5.60 Å². The van der Waals surface area contributed by atoms with Gasteiger partial charge in [-0.3, -0.25) is 4.98 Å². The predicted octanol–water partition coefficient (Wildman–Crippen LogP) is 3.72. The van der Waals surface area contributed by atoms with E-state index < -0.39 is 5.60 Å². The van der Waals surface area contributed by atoms with Crippen molar-refractivity contribution in [1.29, 1.82) is 0 Å². The highest BCUT2D eigenvalue weighted by atomic mass is 16.6. The van der Waals surface area contributed by atoms with Crippen LogP contribution in [0.15, 0.2) is 36.5 Å². The summed E-state index contributed by atoms with van der Waals surface area (Å²) in [5, 5.41) is 5.79. The van der Waals surface area contributed by atoms with Crippen LogP contribution >= 0.6 is 0 Å². The quantitative estimate of drug-likeness (QED) is 0.921. The molecular formula is C20H27N3O2. The molecule has 0 aliphatic carbocycles. The molecule has 25 heavy (non-hydrogen) atoms. The second-order valence-electron chi connectivity index (χ2n) is 7.62. The van der Waals surface area contributed by atoms with Gasteiger partial charge in [-0.25, -0.2) is 4.79 Å². The van der Waals surface area contributed by atoms with E-state index in [2.05, 4.69) is 28.5 Å². The number of rotatable bonds is 4. The lowest BCUT2D eigenvalue weighted by molar-refractivity contribution is 0.0226. The zero-order chi connectivity index (χ0) is 17.9. The number of pyridine rings is 1. The summed E-state index contributed by atoms with van der Waals surface area (Å²) in [5.41, 5.74) is 0.563. The Morgan fingerprint density at radius 3 is 2.84 bits per heavy atom. The number of nitrogens with one attached hydrogen (secondary N) is 1. The van der Waals surface area contributed by atoms with Gasteiger partial charge in [0.05, 0.1) is 5.69 Å². The Labute approximate surface area is 149 Å². The topological polar surface area (TPSA) is 54.5 Å². The number of hydrogen-bond donors (Lipinski definition) is 1. The van der Waals surface area contributed by atoms with Crippen molar-refractivity contribution in [1.82, 2.24) is 15.2 Å². The molecule has 3 rings (SSSR count). The van der Waals surface area contributed by atoms with Crippen molar-refractivity contribution in [3.63, 3.8) is 0 Å². The normalized spacial score (nSPS) is 17.9. The standard InChI is InChI=1S/C20H27N3O2/c1-20(2,3)25-19(24)23-10-6-9-18(23)14-21-13-17-11-15-7-4-5-8-16(15)12-22-17/h4-5,7-8,11-12,18,21H,6,9-10,13-14H2,1-3H3. The average molecular weight is 341 g/mol. The Bertz CT molecular complexity index is 739. The van der Waals surface area contributed by atoms with E-state index in [0.29, 0.717) is 6.54 Å². The van der Waals surface area contributed by atoms with Crippen molar-refractivity contribution in [2.75, 3.05) is 13.1 Å². The summed E-state index contributed by atoms with van der Waals surface area (Å²) in [5.74, 6) is 0. The summed E-state index contributed by atoms with van der Waals surface area (Å²) in [6.07, 6.45) is 3.74. The lowest BCUT2D eigenvalue weighted by Crippen LogP contribution is -2.44. The highest BCUT2D eigenvalue weighted by Gasteiger charge is 2.31. The number of carbonyl (C=O) groups excluding carboxylic acids is 1. The third kappa shape index (κ3) is 4.69. The minimum absolute atomic E-state index is 0.190. The van der Waals surface area contributed by atoms with Gasteiger partial charge in [0.2, 0.25) is 0 Å². The van der Waals surface area contributed by atoms with Gasteiger partial charge in [0.25, 0.3) is 0 Å². The molecule has 1 amide bonds. The smallest absolute Gasteiger partial charge is 0.410 e. The van der Waals surface area contributed by atoms with Crippen molar-refractivity contribution in [3.05, 3.63) is 42.2 Å². The maximum atomic E-state index is 12.3. The fourth-order valence-corrected chi connectivity index (χ4v) is 3.20. The number of hydrogen-bond acceptors (Lipinski definition) is 4. The van der Waals surface area contributed by atoms with Crippen LogP contribution in [0, 0.1) is 0 Å². The van der Waals surface area contributed by atoms with Crippen LogP contribution in [0.1, 0.15) is 39.3 Å². The molecule has 0 spiro atoms. The third-order valence-electron chi connectivity index (χ3n) is 4.38. The SMILES string of the molecule is CC(C)(C)OC(=O)N1CCCC1CNCc1cc2ccccc2cn1. The minimum Gasteiger partial charge on any atom is -0.444 e. The zero-order valence-corrected chi connectivity index (χ0v) is 15.3. The molecule has 1 aromatic carbocycles. The zero-order valence-electron chi connectivity index (χ0n) is 15.3. The maximum absolute atomic E-state index is 12.3. The highest BCUT2D eigenvalue weighted by Crippen LogP contribution is 2.20. The minimum atomic E-state index is -0.452. The van der Waals surface area contributed by atoms with E-state index in [-0.39, 0.29) is 12.1 Å². The van der Waals surface area contributed by atoms with Crippen LogP contribution in [0.4, 0.5) is 4.79 Å². The second-order valence-corrected chi connectivity index (χ2v) is 7.62. The Morgan fingerprint density at radius 2 is 2.08 bits per heavy atom. The molecule has 1 aromatic heterocycles. The van der Waals surface area contributed by atoms with E-state index >= 15 is 0 Å². The summed E-state index contributed by atoms with van der Waals surface area (Å²) < 4.78 is 5.51. The van der Waals surface area contributed by atoms with Gasteiger partial charge in [-0.15, -0.1) is 0 Å². The first-order valence-corrected chi connectivity index (χ1v) is 8.96. The van der Waals surface area contributed by atoms with Crippen LogP contribution in [0.2, 0.25) is 0 Å². The molecule has 1 aliphatic heterocycles. The Morgan fingerprint density at radius 1 is 1.32 bits per heavy atom. The number of amides is 1. The van der Waals surface area contributed by atoms with Crippen LogP contribution in [0.3, 0.4) is 0 Å². The molecule has 0 saturated carbocycles. The molecule has 2 aromatic rings. The Balaban J connectivity index is 1.54. The lowest BCUT2D eigenvalue weighted by Gasteiger charge is -2.28. The second kappa shape index (κ2) is 7.40. The first-order chi connectivity index (χ1) is 11.9. The summed E-state index contributed by atoms with van der Waals surface area (Å²) in [7, 11) is 0. The Kier molecular flexibility index (Phi) is 5.23. The molecule has 0 radical (unpaired) electrons. The van der Waals surface area contributed by atoms with Crippen LogP contribution in [-0.2, 0) is 11.3 Å². The van der Waals surface area contributed by atoms with Crippen molar-refractivity contribution in [2.45, 2.75) is 51.8 Å². The van der Waals surface area contributed by atoms with Gasteiger partial charge in [0, 0.05) is 37.3 Å². The summed E-state index contributed by atoms with van der Waals surface area (Å²) in [4.78, 5) is 18.7.